The number of hydrazine groups is 1. The molecule has 0 saturated heterocycles. The van der Waals surface area contributed by atoms with E-state index in [1.807, 2.05) is 55.4 Å². The summed E-state index contributed by atoms with van der Waals surface area (Å²) in [7, 11) is 0. The number of nitrogens with one attached hydrogen (secondary N) is 1. The van der Waals surface area contributed by atoms with Gasteiger partial charge in [-0.2, -0.15) is 0 Å². The molecule has 1 aliphatic rings. The molecule has 33 heavy (non-hydrogen) atoms. The van der Waals surface area contributed by atoms with Crippen LogP contribution in [0.1, 0.15) is 31.1 Å². The second kappa shape index (κ2) is 10.6. The van der Waals surface area contributed by atoms with Gasteiger partial charge >= 0.3 is 5.97 Å². The van der Waals surface area contributed by atoms with Crippen molar-refractivity contribution in [2.45, 2.75) is 26.9 Å². The number of aliphatic imine (C=N–C) groups is 1. The van der Waals surface area contributed by atoms with Crippen LogP contribution in [0.15, 0.2) is 71.8 Å². The van der Waals surface area contributed by atoms with E-state index < -0.39 is 5.97 Å². The Morgan fingerprint density at radius 3 is 2.85 bits per heavy atom. The molecule has 0 spiro atoms. The zero-order valence-electron chi connectivity index (χ0n) is 19.0. The number of rotatable bonds is 8. The lowest BCUT2D eigenvalue weighted by molar-refractivity contribution is -0.138. The summed E-state index contributed by atoms with van der Waals surface area (Å²) in [4.78, 5) is 18.5. The van der Waals surface area contributed by atoms with Crippen LogP contribution in [0, 0.1) is 12.7 Å². The number of hydrogen-bond acceptors (Lipinski definition) is 8. The number of benzene rings is 2. The molecular weight excluding hydrogens is 423 g/mol. The van der Waals surface area contributed by atoms with Gasteiger partial charge in [0.2, 0.25) is 0 Å². The molecule has 0 saturated carbocycles. The average molecular weight is 453 g/mol. The maximum absolute atomic E-state index is 13.7. The number of halogens is 1. The van der Waals surface area contributed by atoms with Gasteiger partial charge in [0.25, 0.3) is 0 Å². The van der Waals surface area contributed by atoms with E-state index in [1.165, 1.54) is 23.3 Å². The molecule has 3 rings (SSSR count). The molecule has 0 aliphatic carbocycles. The maximum atomic E-state index is 13.7. The fourth-order valence-electron chi connectivity index (χ4n) is 3.40. The lowest BCUT2D eigenvalue weighted by Crippen LogP contribution is -2.30. The molecule has 1 unspecified atom stereocenters. The monoisotopic (exact) mass is 452 g/mol. The zero-order valence-corrected chi connectivity index (χ0v) is 19.0. The fourth-order valence-corrected chi connectivity index (χ4v) is 3.40. The number of hydrogen-bond donors (Lipinski definition) is 3. The molecule has 0 bridgehead atoms. The number of carbonyl (C=O) groups excluding carboxylic acids is 1. The normalized spacial score (nSPS) is 16.0. The van der Waals surface area contributed by atoms with E-state index in [9.17, 15) is 9.18 Å². The van der Waals surface area contributed by atoms with E-state index in [-0.39, 0.29) is 24.3 Å². The van der Waals surface area contributed by atoms with Gasteiger partial charge in [0.05, 0.1) is 30.7 Å². The molecule has 8 nitrogen and oxygen atoms in total. The smallest absolute Gasteiger partial charge is 0.355 e. The molecule has 2 aromatic carbocycles. The van der Waals surface area contributed by atoms with Gasteiger partial charge in [0.1, 0.15) is 17.7 Å². The van der Waals surface area contributed by atoms with Crippen LogP contribution >= 0.6 is 0 Å². The molecule has 9 heteroatoms. The van der Waals surface area contributed by atoms with Gasteiger partial charge in [-0.3, -0.25) is 10.0 Å². The van der Waals surface area contributed by atoms with Gasteiger partial charge in [0, 0.05) is 18.1 Å². The molecular formula is C24H29FN6O2. The van der Waals surface area contributed by atoms with E-state index in [2.05, 4.69) is 5.32 Å². The number of anilines is 1. The van der Waals surface area contributed by atoms with E-state index in [4.69, 9.17) is 21.3 Å². The van der Waals surface area contributed by atoms with Crippen molar-refractivity contribution in [3.05, 3.63) is 83.7 Å². The lowest BCUT2D eigenvalue weighted by atomic mass is 10.1. The first kappa shape index (κ1) is 23.8. The van der Waals surface area contributed by atoms with Crippen molar-refractivity contribution in [1.82, 2.24) is 10.2 Å². The highest BCUT2D eigenvalue weighted by Crippen LogP contribution is 2.27. The third-order valence-corrected chi connectivity index (χ3v) is 5.02. The summed E-state index contributed by atoms with van der Waals surface area (Å²) < 4.78 is 18.5. The molecule has 0 radical (unpaired) electrons. The summed E-state index contributed by atoms with van der Waals surface area (Å²) in [6.07, 6.45) is 4.89. The van der Waals surface area contributed by atoms with Crippen molar-refractivity contribution in [1.29, 1.82) is 0 Å². The topological polar surface area (TPSA) is 109 Å². The number of aryl methyl sites for hydroxylation is 1. The molecule has 0 fully saturated rings. The van der Waals surface area contributed by atoms with Crippen LogP contribution in [0.2, 0.25) is 0 Å². The summed E-state index contributed by atoms with van der Waals surface area (Å²) in [6, 6.07) is 12.0. The molecule has 0 amide bonds. The van der Waals surface area contributed by atoms with Crippen LogP contribution < -0.4 is 21.9 Å². The Kier molecular flexibility index (Phi) is 7.68. The van der Waals surface area contributed by atoms with Gasteiger partial charge in [-0.05, 0) is 56.2 Å². The van der Waals surface area contributed by atoms with Gasteiger partial charge in [-0.1, -0.05) is 18.2 Å². The second-order valence-electron chi connectivity index (χ2n) is 7.64. The molecule has 0 aromatic heterocycles. The van der Waals surface area contributed by atoms with E-state index in [0.717, 1.165) is 22.5 Å². The third-order valence-electron chi connectivity index (χ3n) is 5.02. The summed E-state index contributed by atoms with van der Waals surface area (Å²) in [5, 5.41) is 4.49. The Balaban J connectivity index is 1.76. The van der Waals surface area contributed by atoms with E-state index >= 15 is 0 Å². The summed E-state index contributed by atoms with van der Waals surface area (Å²) in [6.45, 7) is 6.34. The highest BCUT2D eigenvalue weighted by atomic mass is 19.1. The van der Waals surface area contributed by atoms with Crippen LogP contribution in [0.5, 0.6) is 0 Å². The van der Waals surface area contributed by atoms with Crippen molar-refractivity contribution in [2.24, 2.45) is 16.6 Å². The van der Waals surface area contributed by atoms with Crippen LogP contribution in [0.4, 0.5) is 15.8 Å². The summed E-state index contributed by atoms with van der Waals surface area (Å²) in [5.74, 6) is 5.17. The molecule has 2 aromatic rings. The van der Waals surface area contributed by atoms with Crippen LogP contribution in [-0.2, 0) is 9.53 Å². The highest BCUT2D eigenvalue weighted by molar-refractivity contribution is 5.88. The Morgan fingerprint density at radius 2 is 2.12 bits per heavy atom. The van der Waals surface area contributed by atoms with Crippen molar-refractivity contribution < 1.29 is 13.9 Å². The molecule has 1 heterocycles. The predicted octanol–water partition coefficient (Wildman–Crippen LogP) is 3.35. The van der Waals surface area contributed by atoms with Crippen molar-refractivity contribution in [3.63, 3.8) is 0 Å². The fraction of sp³-hybridized carbons (Fsp3) is 0.250. The quantitative estimate of drug-likeness (QED) is 0.185. The van der Waals surface area contributed by atoms with Gasteiger partial charge in [-0.15, -0.1) is 0 Å². The zero-order chi connectivity index (χ0) is 24.0. The van der Waals surface area contributed by atoms with Crippen LogP contribution in [-0.4, -0.2) is 29.7 Å². The van der Waals surface area contributed by atoms with E-state index in [0.29, 0.717) is 12.2 Å². The molecule has 174 valence electrons. The van der Waals surface area contributed by atoms with Gasteiger partial charge in [0.15, 0.2) is 0 Å². The average Bonchev–Trinajstić information content (AvgIpc) is 3.23. The number of carbonyl (C=O) groups is 1. The number of nitrogens with zero attached hydrogens (tertiary/aromatic N) is 3. The summed E-state index contributed by atoms with van der Waals surface area (Å²) in [5.41, 5.74) is 9.65. The second-order valence-corrected chi connectivity index (χ2v) is 7.64. The number of esters is 1. The Hall–Kier alpha value is -3.85. The Bertz CT molecular complexity index is 1100. The first-order valence-electron chi connectivity index (χ1n) is 10.6. The third kappa shape index (κ3) is 6.11. The van der Waals surface area contributed by atoms with Crippen molar-refractivity contribution >= 4 is 23.1 Å². The molecule has 1 atom stereocenters. The van der Waals surface area contributed by atoms with Gasteiger partial charge < -0.3 is 20.7 Å². The SMILES string of the molecule is CCOC(=O)/C(N)=C/N(N)c1ccc(C)c(N=C(C)CN2C=CNC2c2cccc(F)c2)c1. The minimum atomic E-state index is -0.630. The summed E-state index contributed by atoms with van der Waals surface area (Å²) >= 11 is 0. The number of nitrogens with two attached hydrogens (primary N) is 2. The Labute approximate surface area is 193 Å². The molecule has 5 N–H and O–H groups in total. The van der Waals surface area contributed by atoms with Gasteiger partial charge in [-0.25, -0.2) is 15.0 Å². The maximum Gasteiger partial charge on any atom is 0.355 e. The van der Waals surface area contributed by atoms with E-state index in [1.54, 1.807) is 13.0 Å². The minimum absolute atomic E-state index is 0.0992. The predicted molar refractivity (Wildman–Crippen MR) is 128 cm³/mol. The minimum Gasteiger partial charge on any atom is -0.461 e. The van der Waals surface area contributed by atoms with Crippen molar-refractivity contribution in [2.75, 3.05) is 18.2 Å². The molecule has 1 aliphatic heterocycles. The lowest BCUT2D eigenvalue weighted by Gasteiger charge is -2.26. The number of ether oxygens (including phenoxy) is 1. The highest BCUT2D eigenvalue weighted by Gasteiger charge is 2.21. The largest absolute Gasteiger partial charge is 0.461 e. The Morgan fingerprint density at radius 1 is 1.33 bits per heavy atom. The standard InChI is InChI=1S/C24H29FN6O2/c1-4-33-24(32)21(26)15-31(27)20-9-8-16(2)22(13-20)29-17(3)14-30-11-10-28-23(30)18-6-5-7-19(25)12-18/h5-13,15,23,28H,4,14,26-27H2,1-3H3/b21-15-,29-17?. The van der Waals surface area contributed by atoms with Crippen LogP contribution in [0.3, 0.4) is 0 Å². The van der Waals surface area contributed by atoms with Crippen molar-refractivity contribution in [3.8, 4) is 0 Å². The first-order chi connectivity index (χ1) is 15.8. The van der Waals surface area contributed by atoms with Crippen LogP contribution in [0.25, 0.3) is 0 Å². The first-order valence-corrected chi connectivity index (χ1v) is 10.6.